The molecule has 0 spiro atoms. The fourth-order valence-corrected chi connectivity index (χ4v) is 3.46. The van der Waals surface area contributed by atoms with Crippen LogP contribution in [0.5, 0.6) is 0 Å². The summed E-state index contributed by atoms with van der Waals surface area (Å²) < 4.78 is 37.3. The van der Waals surface area contributed by atoms with Gasteiger partial charge >= 0.3 is 6.18 Å². The molecule has 0 bridgehead atoms. The van der Waals surface area contributed by atoms with Crippen molar-refractivity contribution in [2.75, 3.05) is 58.9 Å². The predicted molar refractivity (Wildman–Crippen MR) is 122 cm³/mol. The van der Waals surface area contributed by atoms with E-state index in [1.54, 1.807) is 0 Å². The first kappa shape index (κ1) is 27.7. The molecule has 0 atom stereocenters. The number of hydrogen-bond donors (Lipinski definition) is 2. The summed E-state index contributed by atoms with van der Waals surface area (Å²) in [5.41, 5.74) is 0. The molecule has 2 N–H and O–H groups in total. The van der Waals surface area contributed by atoms with Crippen molar-refractivity contribution in [3.05, 3.63) is 0 Å². The Kier molecular flexibility index (Phi) is 15.4. The minimum atomic E-state index is -4.09. The topological polar surface area (TPSA) is 42.9 Å². The minimum absolute atomic E-state index is 0. The number of nitrogens with one attached hydrogen (secondary N) is 2. The first-order valence-corrected chi connectivity index (χ1v) is 10.4. The number of alkyl halides is 3. The number of piperidine rings is 1. The average molecular weight is 521 g/mol. The molecule has 1 fully saturated rings. The molecule has 0 aliphatic carbocycles. The van der Waals surface area contributed by atoms with E-state index >= 15 is 0 Å². The van der Waals surface area contributed by atoms with Crippen molar-refractivity contribution >= 4 is 29.9 Å². The number of nitrogens with zero attached hydrogens (tertiary/aromatic N) is 3. The highest BCUT2D eigenvalue weighted by Crippen LogP contribution is 2.24. The number of aliphatic imine (C=N–C) groups is 1. The minimum Gasteiger partial charge on any atom is -0.357 e. The summed E-state index contributed by atoms with van der Waals surface area (Å²) in [6.45, 7) is 12.2. The van der Waals surface area contributed by atoms with Gasteiger partial charge in [0.2, 0.25) is 0 Å². The highest BCUT2D eigenvalue weighted by molar-refractivity contribution is 14.0. The van der Waals surface area contributed by atoms with Crippen LogP contribution in [0.1, 0.15) is 46.5 Å². The van der Waals surface area contributed by atoms with Crippen molar-refractivity contribution in [2.24, 2.45) is 10.9 Å². The summed E-state index contributed by atoms with van der Waals surface area (Å²) in [6.07, 6.45) is -0.332. The van der Waals surface area contributed by atoms with E-state index in [-0.39, 0.29) is 24.0 Å². The lowest BCUT2D eigenvalue weighted by molar-refractivity contribution is -0.148. The van der Waals surface area contributed by atoms with Crippen molar-refractivity contribution in [3.63, 3.8) is 0 Å². The standard InChI is InChI=1S/C19H38F3N5.HI/c1-4-12-26(6-3)15-11-25-18(23-5-2)24-10-7-17-8-13-27(14-9-17)16-19(20,21)22;/h17H,4-16H2,1-3H3,(H2,23,24,25);1H. The van der Waals surface area contributed by atoms with E-state index < -0.39 is 12.7 Å². The van der Waals surface area contributed by atoms with Crippen molar-refractivity contribution in [1.29, 1.82) is 0 Å². The summed E-state index contributed by atoms with van der Waals surface area (Å²) in [5, 5.41) is 6.64. The lowest BCUT2D eigenvalue weighted by atomic mass is 9.93. The predicted octanol–water partition coefficient (Wildman–Crippen LogP) is 3.56. The van der Waals surface area contributed by atoms with E-state index in [0.717, 1.165) is 64.4 Å². The Morgan fingerprint density at radius 2 is 1.79 bits per heavy atom. The Morgan fingerprint density at radius 1 is 1.11 bits per heavy atom. The van der Waals surface area contributed by atoms with E-state index in [1.165, 1.54) is 4.90 Å². The Labute approximate surface area is 185 Å². The summed E-state index contributed by atoms with van der Waals surface area (Å²) in [4.78, 5) is 8.56. The summed E-state index contributed by atoms with van der Waals surface area (Å²) in [7, 11) is 0. The summed E-state index contributed by atoms with van der Waals surface area (Å²) >= 11 is 0. The third-order valence-corrected chi connectivity index (χ3v) is 4.97. The van der Waals surface area contributed by atoms with Gasteiger partial charge in [0.1, 0.15) is 0 Å². The van der Waals surface area contributed by atoms with Gasteiger partial charge in [-0.05, 0) is 64.7 Å². The number of guanidine groups is 1. The largest absolute Gasteiger partial charge is 0.401 e. The van der Waals surface area contributed by atoms with E-state index in [4.69, 9.17) is 0 Å². The van der Waals surface area contributed by atoms with Crippen molar-refractivity contribution in [2.45, 2.75) is 52.6 Å². The lowest BCUT2D eigenvalue weighted by Crippen LogP contribution is -2.42. The number of halogens is 4. The fraction of sp³-hybridized carbons (Fsp3) is 0.947. The zero-order valence-electron chi connectivity index (χ0n) is 17.7. The molecule has 0 aromatic rings. The molecule has 1 saturated heterocycles. The van der Waals surface area contributed by atoms with Crippen LogP contribution in [0.15, 0.2) is 4.99 Å². The summed E-state index contributed by atoms with van der Waals surface area (Å²) in [5.74, 6) is 1.31. The van der Waals surface area contributed by atoms with E-state index in [0.29, 0.717) is 25.6 Å². The molecule has 1 aliphatic rings. The van der Waals surface area contributed by atoms with Gasteiger partial charge in [-0.1, -0.05) is 13.8 Å². The highest BCUT2D eigenvalue weighted by Gasteiger charge is 2.32. The van der Waals surface area contributed by atoms with Crippen LogP contribution in [-0.2, 0) is 0 Å². The molecule has 0 aromatic heterocycles. The van der Waals surface area contributed by atoms with Crippen LogP contribution in [0.4, 0.5) is 13.2 Å². The van der Waals surface area contributed by atoms with Gasteiger partial charge in [0.15, 0.2) is 5.96 Å². The van der Waals surface area contributed by atoms with Gasteiger partial charge in [-0.3, -0.25) is 9.89 Å². The second kappa shape index (κ2) is 15.5. The molecule has 9 heteroatoms. The second-order valence-corrected chi connectivity index (χ2v) is 7.25. The monoisotopic (exact) mass is 521 g/mol. The van der Waals surface area contributed by atoms with Gasteiger partial charge in [0.25, 0.3) is 0 Å². The molecular formula is C19H39F3IN5. The van der Waals surface area contributed by atoms with Gasteiger partial charge < -0.3 is 15.5 Å². The third kappa shape index (κ3) is 13.0. The smallest absolute Gasteiger partial charge is 0.357 e. The quantitative estimate of drug-likeness (QED) is 0.248. The number of hydrogen-bond acceptors (Lipinski definition) is 3. The van der Waals surface area contributed by atoms with Gasteiger partial charge in [-0.2, -0.15) is 13.2 Å². The van der Waals surface area contributed by atoms with E-state index in [2.05, 4.69) is 34.4 Å². The Bertz CT molecular complexity index is 413. The first-order valence-electron chi connectivity index (χ1n) is 10.4. The maximum absolute atomic E-state index is 12.4. The Balaban J connectivity index is 0.00000729. The number of likely N-dealkylation sites (tertiary alicyclic amines) is 1. The maximum atomic E-state index is 12.4. The van der Waals surface area contributed by atoms with Crippen molar-refractivity contribution in [1.82, 2.24) is 20.4 Å². The molecule has 1 aliphatic heterocycles. The van der Waals surface area contributed by atoms with Crippen LogP contribution >= 0.6 is 24.0 Å². The Hall–Kier alpha value is -0.290. The maximum Gasteiger partial charge on any atom is 0.401 e. The van der Waals surface area contributed by atoms with Crippen LogP contribution < -0.4 is 10.6 Å². The van der Waals surface area contributed by atoms with Crippen LogP contribution in [-0.4, -0.2) is 80.8 Å². The zero-order chi connectivity index (χ0) is 20.1. The second-order valence-electron chi connectivity index (χ2n) is 7.25. The average Bonchev–Trinajstić information content (AvgIpc) is 2.61. The zero-order valence-corrected chi connectivity index (χ0v) is 20.0. The van der Waals surface area contributed by atoms with Gasteiger partial charge in [-0.15, -0.1) is 24.0 Å². The molecule has 1 heterocycles. The normalized spacial score (nSPS) is 16.9. The highest BCUT2D eigenvalue weighted by atomic mass is 127. The van der Waals surface area contributed by atoms with Crippen molar-refractivity contribution < 1.29 is 13.2 Å². The van der Waals surface area contributed by atoms with Crippen LogP contribution in [0, 0.1) is 5.92 Å². The number of likely N-dealkylation sites (N-methyl/N-ethyl adjacent to an activating group) is 1. The lowest BCUT2D eigenvalue weighted by Gasteiger charge is -2.32. The Morgan fingerprint density at radius 3 is 2.32 bits per heavy atom. The van der Waals surface area contributed by atoms with Crippen molar-refractivity contribution in [3.8, 4) is 0 Å². The number of rotatable bonds is 11. The van der Waals surface area contributed by atoms with E-state index in [9.17, 15) is 13.2 Å². The van der Waals surface area contributed by atoms with E-state index in [1.807, 2.05) is 6.92 Å². The molecule has 168 valence electrons. The summed E-state index contributed by atoms with van der Waals surface area (Å²) in [6, 6.07) is 0. The van der Waals surface area contributed by atoms with Gasteiger partial charge in [-0.25, -0.2) is 0 Å². The van der Waals surface area contributed by atoms with Gasteiger partial charge in [0, 0.05) is 26.2 Å². The molecule has 0 aromatic carbocycles. The fourth-order valence-electron chi connectivity index (χ4n) is 3.46. The van der Waals surface area contributed by atoms with Crippen LogP contribution in [0.3, 0.4) is 0 Å². The molecular weight excluding hydrogens is 482 g/mol. The molecule has 0 saturated carbocycles. The first-order chi connectivity index (χ1) is 12.9. The van der Waals surface area contributed by atoms with Crippen LogP contribution in [0.25, 0.3) is 0 Å². The molecule has 0 radical (unpaired) electrons. The molecule has 0 unspecified atom stereocenters. The van der Waals surface area contributed by atoms with Gasteiger partial charge in [0.05, 0.1) is 6.54 Å². The molecule has 5 nitrogen and oxygen atoms in total. The third-order valence-electron chi connectivity index (χ3n) is 4.97. The van der Waals surface area contributed by atoms with Crippen LogP contribution in [0.2, 0.25) is 0 Å². The molecule has 0 amide bonds. The molecule has 1 rings (SSSR count). The molecule has 28 heavy (non-hydrogen) atoms. The SMILES string of the molecule is CCCN(CC)CCNC(=NCCC1CCN(CC(F)(F)F)CC1)NCC.I.